The molecule has 0 heterocycles. The molecule has 6 nitrogen and oxygen atoms in total. The Hall–Kier alpha value is -1.92. The zero-order valence-corrected chi connectivity index (χ0v) is 10.6. The molecular weight excluding hydrogens is 252 g/mol. The number of carbonyl (C=O) groups is 2. The Morgan fingerprint density at radius 2 is 1.53 bits per heavy atom. The third-order valence-corrected chi connectivity index (χ3v) is 2.21. The van der Waals surface area contributed by atoms with Gasteiger partial charge in [-0.25, -0.2) is 9.59 Å². The van der Waals surface area contributed by atoms with E-state index in [1.807, 2.05) is 0 Å². The van der Waals surface area contributed by atoms with Crippen molar-refractivity contribution in [1.29, 1.82) is 0 Å². The van der Waals surface area contributed by atoms with Crippen molar-refractivity contribution in [3.05, 3.63) is 35.4 Å². The van der Waals surface area contributed by atoms with Gasteiger partial charge in [-0.2, -0.15) is 0 Å². The van der Waals surface area contributed by atoms with Gasteiger partial charge in [0.15, 0.2) is 0 Å². The average molecular weight is 268 g/mol. The number of carbonyl (C=O) groups excluding carboxylic acids is 2. The minimum absolute atomic E-state index is 0.107. The monoisotopic (exact) mass is 268 g/mol. The molecule has 0 aliphatic heterocycles. The van der Waals surface area contributed by atoms with E-state index in [9.17, 15) is 9.59 Å². The van der Waals surface area contributed by atoms with Gasteiger partial charge in [0.1, 0.15) is 13.2 Å². The highest BCUT2D eigenvalue weighted by Gasteiger charge is 2.18. The summed E-state index contributed by atoms with van der Waals surface area (Å²) in [6.45, 7) is -0.00367. The third-order valence-electron chi connectivity index (χ3n) is 2.21. The van der Waals surface area contributed by atoms with Crippen LogP contribution in [0.4, 0.5) is 0 Å². The number of benzene rings is 1. The minimum atomic E-state index is -0.673. The van der Waals surface area contributed by atoms with Gasteiger partial charge in [0.05, 0.1) is 24.3 Å². The van der Waals surface area contributed by atoms with Crippen LogP contribution >= 0.6 is 0 Å². The van der Waals surface area contributed by atoms with Crippen LogP contribution in [0.25, 0.3) is 0 Å². The fourth-order valence-electron chi connectivity index (χ4n) is 1.35. The molecule has 0 atom stereocenters. The van der Waals surface area contributed by atoms with E-state index in [4.69, 9.17) is 19.3 Å². The largest absolute Gasteiger partial charge is 0.460 e. The molecule has 1 rings (SSSR count). The van der Waals surface area contributed by atoms with Crippen LogP contribution in [0.1, 0.15) is 20.7 Å². The first-order chi connectivity index (χ1) is 9.20. The Morgan fingerprint density at radius 1 is 1.00 bits per heavy atom. The number of rotatable bonds is 7. The molecule has 1 aromatic rings. The predicted molar refractivity (Wildman–Crippen MR) is 66.0 cm³/mol. The Labute approximate surface area is 110 Å². The van der Waals surface area contributed by atoms with Gasteiger partial charge >= 0.3 is 11.9 Å². The molecule has 0 aromatic heterocycles. The zero-order chi connectivity index (χ0) is 14.1. The highest BCUT2D eigenvalue weighted by atomic mass is 16.6. The first kappa shape index (κ1) is 15.1. The number of hydrogen-bond acceptors (Lipinski definition) is 6. The number of ether oxygens (including phenoxy) is 3. The molecule has 0 aliphatic rings. The molecule has 0 unspecified atom stereocenters. The van der Waals surface area contributed by atoms with E-state index in [0.717, 1.165) is 0 Å². The summed E-state index contributed by atoms with van der Waals surface area (Å²) in [5, 5.41) is 8.60. The predicted octanol–water partition coefficient (Wildman–Crippen LogP) is 0.639. The lowest BCUT2D eigenvalue weighted by molar-refractivity contribution is 0.0362. The van der Waals surface area contributed by atoms with E-state index >= 15 is 0 Å². The molecule has 19 heavy (non-hydrogen) atoms. The maximum Gasteiger partial charge on any atom is 0.339 e. The van der Waals surface area contributed by atoms with Gasteiger partial charge in [-0.05, 0) is 12.1 Å². The zero-order valence-electron chi connectivity index (χ0n) is 10.6. The van der Waals surface area contributed by atoms with Gasteiger partial charge in [-0.15, -0.1) is 0 Å². The van der Waals surface area contributed by atoms with Crippen molar-refractivity contribution in [2.45, 2.75) is 0 Å². The number of esters is 2. The fraction of sp³-hybridized carbons (Fsp3) is 0.385. The van der Waals surface area contributed by atoms with Crippen LogP contribution in [0.15, 0.2) is 24.3 Å². The molecule has 0 fully saturated rings. The van der Waals surface area contributed by atoms with Crippen molar-refractivity contribution < 1.29 is 28.9 Å². The van der Waals surface area contributed by atoms with Crippen LogP contribution in [0.3, 0.4) is 0 Å². The smallest absolute Gasteiger partial charge is 0.339 e. The van der Waals surface area contributed by atoms with Gasteiger partial charge in [0.2, 0.25) is 0 Å². The second-order valence-electron chi connectivity index (χ2n) is 3.53. The summed E-state index contributed by atoms with van der Waals surface area (Å²) in [7, 11) is 1.49. The van der Waals surface area contributed by atoms with Crippen molar-refractivity contribution >= 4 is 11.9 Å². The van der Waals surface area contributed by atoms with Crippen LogP contribution < -0.4 is 0 Å². The lowest BCUT2D eigenvalue weighted by Gasteiger charge is -2.09. The number of aliphatic hydroxyl groups excluding tert-OH is 1. The summed E-state index contributed by atoms with van der Waals surface area (Å²) in [4.78, 5) is 23.5. The fourth-order valence-corrected chi connectivity index (χ4v) is 1.35. The molecule has 1 N–H and O–H groups in total. The molecule has 0 saturated heterocycles. The maximum atomic E-state index is 11.8. The van der Waals surface area contributed by atoms with E-state index in [1.54, 1.807) is 12.1 Å². The normalized spacial score (nSPS) is 10.0. The number of methoxy groups -OCH3 is 1. The standard InChI is InChI=1S/C13H16O6/c1-17-8-9-19-13(16)11-5-3-2-4-10(11)12(15)18-7-6-14/h2-5,14H,6-9H2,1H3. The second-order valence-corrected chi connectivity index (χ2v) is 3.53. The van der Waals surface area contributed by atoms with Crippen LogP contribution in [0.5, 0.6) is 0 Å². The Balaban J connectivity index is 2.77. The van der Waals surface area contributed by atoms with Crippen LogP contribution in [-0.2, 0) is 14.2 Å². The molecule has 104 valence electrons. The van der Waals surface area contributed by atoms with E-state index in [1.165, 1.54) is 19.2 Å². The molecule has 0 radical (unpaired) electrons. The first-order valence-electron chi connectivity index (χ1n) is 5.73. The van der Waals surface area contributed by atoms with E-state index < -0.39 is 11.9 Å². The topological polar surface area (TPSA) is 82.1 Å². The van der Waals surface area contributed by atoms with Crippen molar-refractivity contribution in [3.8, 4) is 0 Å². The van der Waals surface area contributed by atoms with E-state index in [-0.39, 0.29) is 37.6 Å². The van der Waals surface area contributed by atoms with Crippen molar-refractivity contribution in [2.24, 2.45) is 0 Å². The molecule has 0 bridgehead atoms. The second kappa shape index (κ2) is 8.23. The Morgan fingerprint density at radius 3 is 2.00 bits per heavy atom. The van der Waals surface area contributed by atoms with Crippen LogP contribution in [0.2, 0.25) is 0 Å². The lowest BCUT2D eigenvalue weighted by atomic mass is 10.1. The minimum Gasteiger partial charge on any atom is -0.460 e. The molecule has 6 heteroatoms. The molecular formula is C13H16O6. The first-order valence-corrected chi connectivity index (χ1v) is 5.73. The molecule has 0 amide bonds. The van der Waals surface area contributed by atoms with Crippen LogP contribution in [0, 0.1) is 0 Å². The van der Waals surface area contributed by atoms with E-state index in [0.29, 0.717) is 0 Å². The summed E-state index contributed by atoms with van der Waals surface area (Å²) in [5.74, 6) is -1.29. The molecule has 0 saturated carbocycles. The Kier molecular flexibility index (Phi) is 6.56. The summed E-state index contributed by atoms with van der Waals surface area (Å²) < 4.78 is 14.5. The molecule has 0 aliphatic carbocycles. The van der Waals surface area contributed by atoms with Crippen molar-refractivity contribution in [1.82, 2.24) is 0 Å². The maximum absolute atomic E-state index is 11.8. The Bertz CT molecular complexity index is 429. The van der Waals surface area contributed by atoms with Gasteiger partial charge in [-0.1, -0.05) is 12.1 Å². The van der Waals surface area contributed by atoms with Gasteiger partial charge in [0, 0.05) is 7.11 Å². The van der Waals surface area contributed by atoms with Crippen LogP contribution in [-0.4, -0.2) is 50.6 Å². The summed E-state index contributed by atoms with van der Waals surface area (Å²) in [6, 6.07) is 6.18. The van der Waals surface area contributed by atoms with Gasteiger partial charge < -0.3 is 19.3 Å². The summed E-state index contributed by atoms with van der Waals surface area (Å²) in [5.41, 5.74) is 0.236. The number of hydrogen-bond donors (Lipinski definition) is 1. The quantitative estimate of drug-likeness (QED) is 0.577. The van der Waals surface area contributed by atoms with Gasteiger partial charge in [-0.3, -0.25) is 0 Å². The third kappa shape index (κ3) is 4.69. The highest BCUT2D eigenvalue weighted by molar-refractivity contribution is 6.03. The van der Waals surface area contributed by atoms with Gasteiger partial charge in [0.25, 0.3) is 0 Å². The van der Waals surface area contributed by atoms with Crippen molar-refractivity contribution in [2.75, 3.05) is 33.5 Å². The summed E-state index contributed by atoms with van der Waals surface area (Å²) >= 11 is 0. The SMILES string of the molecule is COCCOC(=O)c1ccccc1C(=O)OCCO. The lowest BCUT2D eigenvalue weighted by Crippen LogP contribution is -2.16. The highest BCUT2D eigenvalue weighted by Crippen LogP contribution is 2.11. The summed E-state index contributed by atoms with van der Waals surface area (Å²) in [6.07, 6.45) is 0. The van der Waals surface area contributed by atoms with E-state index in [2.05, 4.69) is 0 Å². The molecule has 0 spiro atoms. The number of aliphatic hydroxyl groups is 1. The van der Waals surface area contributed by atoms with Crippen molar-refractivity contribution in [3.63, 3.8) is 0 Å². The molecule has 1 aromatic carbocycles. The average Bonchev–Trinajstić information content (AvgIpc) is 2.45.